The normalized spacial score (nSPS) is 11.9. The molecule has 2 aromatic heterocycles. The number of nitrogen functional groups attached to an aromatic ring is 1. The average Bonchev–Trinajstić information content (AvgIpc) is 2.97. The Balaban J connectivity index is 2.03. The van der Waals surface area contributed by atoms with E-state index in [9.17, 15) is 18.0 Å². The Hall–Kier alpha value is -2.31. The van der Waals surface area contributed by atoms with Gasteiger partial charge in [0.2, 0.25) is 5.95 Å². The number of aromatic nitrogens is 3. The minimum atomic E-state index is -5.00. The number of nitrogens with two attached hydrogens (primary N) is 1. The molecule has 144 valence electrons. The quantitative estimate of drug-likeness (QED) is 0.445. The molecule has 0 unspecified atom stereocenters. The van der Waals surface area contributed by atoms with Gasteiger partial charge in [-0.25, -0.2) is 9.78 Å². The first-order valence-corrected chi connectivity index (χ1v) is 8.83. The second-order valence-corrected chi connectivity index (χ2v) is 7.12. The number of carbonyl (C=O) groups is 1. The summed E-state index contributed by atoms with van der Waals surface area (Å²) in [6.07, 6.45) is -3.27. The molecule has 0 aliphatic carbocycles. The van der Waals surface area contributed by atoms with E-state index in [2.05, 4.69) is 37.3 Å². The highest BCUT2D eigenvalue weighted by Crippen LogP contribution is 2.34. The van der Waals surface area contributed by atoms with Crippen molar-refractivity contribution in [2.45, 2.75) is 12.7 Å². The molecule has 7 nitrogen and oxygen atoms in total. The summed E-state index contributed by atoms with van der Waals surface area (Å²) in [5, 5.41) is 1.62. The monoisotopic (exact) mass is 493 g/mol. The Morgan fingerprint density at radius 2 is 2.07 bits per heavy atom. The highest BCUT2D eigenvalue weighted by Gasteiger charge is 2.40. The third-order valence-electron chi connectivity index (χ3n) is 3.88. The molecule has 0 saturated carbocycles. The maximum Gasteiger partial charge on any atom is 0.490 e. The van der Waals surface area contributed by atoms with Crippen LogP contribution in [0, 0.1) is 3.57 Å². The predicted molar refractivity (Wildman–Crippen MR) is 104 cm³/mol. The van der Waals surface area contributed by atoms with Crippen LogP contribution in [0.25, 0.3) is 21.8 Å². The van der Waals surface area contributed by atoms with Gasteiger partial charge in [-0.2, -0.15) is 18.2 Å². The minimum absolute atomic E-state index is 0.0833. The number of ether oxygens (including phenoxy) is 1. The zero-order chi connectivity index (χ0) is 19.9. The van der Waals surface area contributed by atoms with E-state index in [-0.39, 0.29) is 12.5 Å². The molecule has 3 rings (SSSR count). The van der Waals surface area contributed by atoms with Gasteiger partial charge in [0.25, 0.3) is 0 Å². The van der Waals surface area contributed by atoms with E-state index >= 15 is 0 Å². The van der Waals surface area contributed by atoms with Gasteiger partial charge in [0.1, 0.15) is 12.4 Å². The van der Waals surface area contributed by atoms with Gasteiger partial charge < -0.3 is 19.9 Å². The first kappa shape index (κ1) is 19.5. The Morgan fingerprint density at radius 3 is 2.70 bits per heavy atom. The van der Waals surface area contributed by atoms with Crippen LogP contribution in [0.15, 0.2) is 18.3 Å². The van der Waals surface area contributed by atoms with E-state index < -0.39 is 18.8 Å². The van der Waals surface area contributed by atoms with Crippen molar-refractivity contribution >= 4 is 62.1 Å². The number of fused-ring (bicyclic) bond motifs is 3. The van der Waals surface area contributed by atoms with E-state index in [0.717, 1.165) is 19.9 Å². The molecule has 0 spiro atoms. The van der Waals surface area contributed by atoms with Crippen LogP contribution in [0.3, 0.4) is 0 Å². The number of alkyl halides is 3. The van der Waals surface area contributed by atoms with Crippen molar-refractivity contribution in [3.63, 3.8) is 0 Å². The van der Waals surface area contributed by atoms with E-state index in [1.165, 1.54) is 0 Å². The molecule has 3 aromatic rings. The standard InChI is InChI=1S/C16H15F3IN5O2/c1-24(2)13-11-8-3-4-25(5-6-27-14(26)16(17,18)19)12(8)9(20)7-10(11)22-15(21)23-13/h3-4,7H,5-6H2,1-2H3,(H2,21,22,23). The van der Waals surface area contributed by atoms with Gasteiger partial charge >= 0.3 is 12.1 Å². The molecule has 0 fully saturated rings. The number of carbonyl (C=O) groups excluding carboxylic acids is 1. The van der Waals surface area contributed by atoms with Gasteiger partial charge in [0, 0.05) is 29.2 Å². The molecule has 27 heavy (non-hydrogen) atoms. The molecule has 0 bridgehead atoms. The van der Waals surface area contributed by atoms with Crippen molar-refractivity contribution in [2.75, 3.05) is 31.3 Å². The topological polar surface area (TPSA) is 86.3 Å². The number of halogens is 4. The van der Waals surface area contributed by atoms with Crippen molar-refractivity contribution in [1.29, 1.82) is 0 Å². The fourth-order valence-corrected chi connectivity index (χ4v) is 3.70. The van der Waals surface area contributed by atoms with Crippen molar-refractivity contribution in [1.82, 2.24) is 14.5 Å². The lowest BCUT2D eigenvalue weighted by Crippen LogP contribution is -2.26. The lowest BCUT2D eigenvalue weighted by Gasteiger charge is -2.16. The summed E-state index contributed by atoms with van der Waals surface area (Å²) in [6.45, 7) is -0.311. The maximum absolute atomic E-state index is 12.2. The molecule has 0 amide bonds. The largest absolute Gasteiger partial charge is 0.490 e. The van der Waals surface area contributed by atoms with Crippen LogP contribution in [-0.2, 0) is 16.1 Å². The van der Waals surface area contributed by atoms with Gasteiger partial charge in [-0.05, 0) is 34.7 Å². The molecular formula is C16H15F3IN5O2. The summed E-state index contributed by atoms with van der Waals surface area (Å²) in [5.74, 6) is -1.40. The van der Waals surface area contributed by atoms with Crippen LogP contribution in [0.5, 0.6) is 0 Å². The van der Waals surface area contributed by atoms with Gasteiger partial charge in [0.15, 0.2) is 0 Å². The van der Waals surface area contributed by atoms with Gasteiger partial charge in [0.05, 0.1) is 23.0 Å². The average molecular weight is 493 g/mol. The van der Waals surface area contributed by atoms with Crippen LogP contribution in [0.1, 0.15) is 0 Å². The summed E-state index contributed by atoms with van der Waals surface area (Å²) < 4.78 is 43.6. The molecule has 1 aromatic carbocycles. The zero-order valence-electron chi connectivity index (χ0n) is 14.3. The molecular weight excluding hydrogens is 478 g/mol. The highest BCUT2D eigenvalue weighted by atomic mass is 127. The summed E-state index contributed by atoms with van der Waals surface area (Å²) >= 11 is 2.12. The van der Waals surface area contributed by atoms with Crippen LogP contribution >= 0.6 is 22.6 Å². The van der Waals surface area contributed by atoms with Crippen LogP contribution < -0.4 is 10.6 Å². The highest BCUT2D eigenvalue weighted by molar-refractivity contribution is 14.1. The van der Waals surface area contributed by atoms with Crippen molar-refractivity contribution in [2.24, 2.45) is 0 Å². The van der Waals surface area contributed by atoms with E-state index in [1.54, 1.807) is 10.8 Å². The van der Waals surface area contributed by atoms with Crippen LogP contribution in [-0.4, -0.2) is 47.4 Å². The van der Waals surface area contributed by atoms with Crippen LogP contribution in [0.4, 0.5) is 24.9 Å². The third-order valence-corrected chi connectivity index (χ3v) is 4.70. The Kier molecular flexibility index (Phi) is 5.06. The smallest absolute Gasteiger partial charge is 0.457 e. The van der Waals surface area contributed by atoms with E-state index in [1.807, 2.05) is 31.1 Å². The number of benzene rings is 1. The van der Waals surface area contributed by atoms with E-state index in [0.29, 0.717) is 11.3 Å². The number of esters is 1. The Labute approximate surface area is 165 Å². The lowest BCUT2D eigenvalue weighted by atomic mass is 10.1. The Morgan fingerprint density at radius 1 is 1.37 bits per heavy atom. The summed E-state index contributed by atoms with van der Waals surface area (Å²) in [4.78, 5) is 21.2. The molecule has 2 heterocycles. The first-order valence-electron chi connectivity index (χ1n) is 7.75. The molecule has 0 aliphatic rings. The van der Waals surface area contributed by atoms with Gasteiger partial charge in [-0.15, -0.1) is 0 Å². The number of rotatable bonds is 4. The first-order chi connectivity index (χ1) is 12.6. The van der Waals surface area contributed by atoms with Gasteiger partial charge in [-0.1, -0.05) is 0 Å². The van der Waals surface area contributed by atoms with E-state index in [4.69, 9.17) is 5.73 Å². The summed E-state index contributed by atoms with van der Waals surface area (Å²) in [5.41, 5.74) is 7.26. The summed E-state index contributed by atoms with van der Waals surface area (Å²) in [7, 11) is 3.66. The molecule has 0 saturated heterocycles. The SMILES string of the molecule is CN(C)c1nc(N)nc2cc(I)c3c(ccn3CCOC(=O)C(F)(F)F)c12. The maximum atomic E-state index is 12.2. The molecule has 0 atom stereocenters. The zero-order valence-corrected chi connectivity index (χ0v) is 16.5. The fourth-order valence-electron chi connectivity index (χ4n) is 2.80. The number of anilines is 2. The second-order valence-electron chi connectivity index (χ2n) is 5.96. The number of hydrogen-bond acceptors (Lipinski definition) is 6. The molecule has 2 N–H and O–H groups in total. The third kappa shape index (κ3) is 3.73. The molecule has 11 heteroatoms. The lowest BCUT2D eigenvalue weighted by molar-refractivity contribution is -0.199. The van der Waals surface area contributed by atoms with Crippen LogP contribution in [0.2, 0.25) is 0 Å². The number of nitrogens with zero attached hydrogens (tertiary/aromatic N) is 4. The fraction of sp³-hybridized carbons (Fsp3) is 0.312. The minimum Gasteiger partial charge on any atom is -0.457 e. The second kappa shape index (κ2) is 7.02. The Bertz CT molecular complexity index is 1030. The van der Waals surface area contributed by atoms with Crippen molar-refractivity contribution < 1.29 is 22.7 Å². The van der Waals surface area contributed by atoms with Crippen molar-refractivity contribution in [3.8, 4) is 0 Å². The molecule has 0 radical (unpaired) electrons. The summed E-state index contributed by atoms with van der Waals surface area (Å²) in [6, 6.07) is 3.67. The molecule has 0 aliphatic heterocycles. The van der Waals surface area contributed by atoms with Gasteiger partial charge in [-0.3, -0.25) is 0 Å². The van der Waals surface area contributed by atoms with Crippen molar-refractivity contribution in [3.05, 3.63) is 21.9 Å². The predicted octanol–water partition coefficient (Wildman–Crippen LogP) is 2.94. The number of hydrogen-bond donors (Lipinski definition) is 1.